The summed E-state index contributed by atoms with van der Waals surface area (Å²) in [6.45, 7) is 5.50. The van der Waals surface area contributed by atoms with Crippen LogP contribution in [0.1, 0.15) is 44.9 Å². The third-order valence-electron chi connectivity index (χ3n) is 5.02. The van der Waals surface area contributed by atoms with Gasteiger partial charge in [-0.05, 0) is 44.8 Å². The predicted octanol–water partition coefficient (Wildman–Crippen LogP) is 1.22. The third-order valence-corrected chi connectivity index (χ3v) is 6.56. The van der Waals surface area contributed by atoms with Crippen LogP contribution in [-0.4, -0.2) is 50.9 Å². The highest BCUT2D eigenvalue weighted by Crippen LogP contribution is 2.36. The number of nitrogens with one attached hydrogen (secondary N) is 2. The molecule has 2 N–H and O–H groups in total. The summed E-state index contributed by atoms with van der Waals surface area (Å²) in [5, 5.41) is 11.2. The Hall–Kier alpha value is -1.44. The zero-order chi connectivity index (χ0) is 17.7. The quantitative estimate of drug-likeness (QED) is 0.450. The van der Waals surface area contributed by atoms with Crippen LogP contribution in [0.2, 0.25) is 0 Å². The minimum atomic E-state index is 0.0448. The van der Waals surface area contributed by atoms with E-state index >= 15 is 0 Å². The number of aliphatic imine (C=N–C) groups is 1. The molecule has 8 heteroatoms. The molecule has 0 radical (unpaired) electrons. The summed E-state index contributed by atoms with van der Waals surface area (Å²) in [4.78, 5) is 16.6. The van der Waals surface area contributed by atoms with Crippen molar-refractivity contribution in [3.8, 4) is 0 Å². The summed E-state index contributed by atoms with van der Waals surface area (Å²) >= 11 is 2.04. The Morgan fingerprint density at radius 3 is 2.96 bits per heavy atom. The van der Waals surface area contributed by atoms with E-state index in [4.69, 9.17) is 0 Å². The van der Waals surface area contributed by atoms with Gasteiger partial charge in [0.15, 0.2) is 5.96 Å². The summed E-state index contributed by atoms with van der Waals surface area (Å²) < 4.78 is 3.77. The van der Waals surface area contributed by atoms with Crippen molar-refractivity contribution in [1.29, 1.82) is 0 Å². The molecule has 140 valence electrons. The van der Waals surface area contributed by atoms with Crippen molar-refractivity contribution in [3.63, 3.8) is 0 Å². The van der Waals surface area contributed by atoms with E-state index in [0.29, 0.717) is 11.3 Å². The van der Waals surface area contributed by atoms with Crippen LogP contribution in [0.5, 0.6) is 0 Å². The third kappa shape index (κ3) is 4.59. The highest BCUT2D eigenvalue weighted by atomic mass is 32.2. The molecule has 2 aliphatic heterocycles. The minimum Gasteiger partial charge on any atom is -0.356 e. The highest BCUT2D eigenvalue weighted by molar-refractivity contribution is 8.00. The van der Waals surface area contributed by atoms with E-state index in [0.717, 1.165) is 57.1 Å². The average molecular weight is 367 g/mol. The molecule has 1 unspecified atom stereocenters. The summed E-state index contributed by atoms with van der Waals surface area (Å²) in [5.74, 6) is 3.04. The van der Waals surface area contributed by atoms with Crippen molar-refractivity contribution in [3.05, 3.63) is 16.3 Å². The second kappa shape index (κ2) is 8.29. The number of guanidine groups is 1. The molecule has 7 nitrogen and oxygen atoms in total. The van der Waals surface area contributed by atoms with Crippen molar-refractivity contribution in [2.75, 3.05) is 25.9 Å². The molecule has 1 fully saturated rings. The SMILES string of the molecule is CN=C(NCCCn1nc2n(c1=O)CCCC2)NCC1(C)CCCS1. The number of hydrogen-bond acceptors (Lipinski definition) is 4. The van der Waals surface area contributed by atoms with Crippen molar-refractivity contribution in [1.82, 2.24) is 25.0 Å². The van der Waals surface area contributed by atoms with Crippen LogP contribution in [0, 0.1) is 0 Å². The number of hydrogen-bond donors (Lipinski definition) is 2. The number of aryl methyl sites for hydroxylation is 2. The molecule has 1 aromatic rings. The van der Waals surface area contributed by atoms with Crippen LogP contribution < -0.4 is 16.3 Å². The standard InChI is InChI=1S/C17H30N6OS/c1-17(8-5-12-25-17)13-20-15(18-2)19-9-6-11-23-16(24)22-10-4-3-7-14(22)21-23/h3-13H2,1-2H3,(H2,18,19,20). The second-order valence-corrected chi connectivity index (χ2v) is 8.82. The molecule has 2 aliphatic rings. The Bertz CT molecular complexity index is 659. The van der Waals surface area contributed by atoms with Crippen LogP contribution in [0.4, 0.5) is 0 Å². The van der Waals surface area contributed by atoms with Gasteiger partial charge in [-0.3, -0.25) is 9.56 Å². The molecule has 0 aromatic carbocycles. The molecule has 1 aromatic heterocycles. The number of aromatic nitrogens is 3. The van der Waals surface area contributed by atoms with E-state index in [-0.39, 0.29) is 5.69 Å². The first-order valence-electron chi connectivity index (χ1n) is 9.36. The van der Waals surface area contributed by atoms with E-state index in [1.165, 1.54) is 18.6 Å². The smallest absolute Gasteiger partial charge is 0.345 e. The molecule has 25 heavy (non-hydrogen) atoms. The molecule has 3 heterocycles. The van der Waals surface area contributed by atoms with Gasteiger partial charge in [0.05, 0.1) is 0 Å². The predicted molar refractivity (Wildman–Crippen MR) is 104 cm³/mol. The molecule has 0 aliphatic carbocycles. The monoisotopic (exact) mass is 366 g/mol. The topological polar surface area (TPSA) is 76.2 Å². The fourth-order valence-electron chi connectivity index (χ4n) is 3.50. The Kier molecular flexibility index (Phi) is 6.09. The first kappa shape index (κ1) is 18.4. The largest absolute Gasteiger partial charge is 0.356 e. The van der Waals surface area contributed by atoms with Gasteiger partial charge in [0.25, 0.3) is 0 Å². The lowest BCUT2D eigenvalue weighted by molar-refractivity contribution is 0.509. The fourth-order valence-corrected chi connectivity index (χ4v) is 4.74. The van der Waals surface area contributed by atoms with Crippen molar-refractivity contribution in [2.45, 2.75) is 63.3 Å². The van der Waals surface area contributed by atoms with Gasteiger partial charge in [0.2, 0.25) is 0 Å². The maximum atomic E-state index is 12.3. The summed E-state index contributed by atoms with van der Waals surface area (Å²) in [6, 6.07) is 0. The Morgan fingerprint density at radius 2 is 2.24 bits per heavy atom. The van der Waals surface area contributed by atoms with Gasteiger partial charge in [-0.25, -0.2) is 9.48 Å². The van der Waals surface area contributed by atoms with Crippen LogP contribution in [0.25, 0.3) is 0 Å². The summed E-state index contributed by atoms with van der Waals surface area (Å²) in [7, 11) is 1.80. The Balaban J connectivity index is 1.41. The van der Waals surface area contributed by atoms with E-state index in [1.54, 1.807) is 11.7 Å². The van der Waals surface area contributed by atoms with Crippen molar-refractivity contribution in [2.24, 2.45) is 4.99 Å². The van der Waals surface area contributed by atoms with E-state index in [2.05, 4.69) is 27.6 Å². The molecule has 0 amide bonds. The molecule has 0 bridgehead atoms. The van der Waals surface area contributed by atoms with E-state index in [1.807, 2.05) is 16.3 Å². The Labute approximate surface area is 153 Å². The summed E-state index contributed by atoms with van der Waals surface area (Å²) in [5.41, 5.74) is 0.0448. The van der Waals surface area contributed by atoms with Gasteiger partial charge in [0, 0.05) is 44.4 Å². The van der Waals surface area contributed by atoms with Gasteiger partial charge in [-0.1, -0.05) is 0 Å². The van der Waals surface area contributed by atoms with Crippen LogP contribution in [0.3, 0.4) is 0 Å². The lowest BCUT2D eigenvalue weighted by Gasteiger charge is -2.24. The fraction of sp³-hybridized carbons (Fsp3) is 0.824. The Morgan fingerprint density at radius 1 is 1.36 bits per heavy atom. The van der Waals surface area contributed by atoms with Crippen LogP contribution in [-0.2, 0) is 19.5 Å². The first-order chi connectivity index (χ1) is 12.1. The molecular weight excluding hydrogens is 336 g/mol. The maximum absolute atomic E-state index is 12.3. The summed E-state index contributed by atoms with van der Waals surface area (Å²) in [6.07, 6.45) is 6.56. The first-order valence-corrected chi connectivity index (χ1v) is 10.3. The van der Waals surface area contributed by atoms with Crippen LogP contribution in [0.15, 0.2) is 9.79 Å². The zero-order valence-electron chi connectivity index (χ0n) is 15.4. The molecule has 1 atom stereocenters. The van der Waals surface area contributed by atoms with Crippen molar-refractivity contribution < 1.29 is 0 Å². The highest BCUT2D eigenvalue weighted by Gasteiger charge is 2.29. The number of rotatable bonds is 6. The number of fused-ring (bicyclic) bond motifs is 1. The number of nitrogens with zero attached hydrogens (tertiary/aromatic N) is 4. The second-order valence-electron chi connectivity index (χ2n) is 7.14. The van der Waals surface area contributed by atoms with E-state index < -0.39 is 0 Å². The minimum absolute atomic E-state index is 0.0448. The van der Waals surface area contributed by atoms with E-state index in [9.17, 15) is 4.79 Å². The van der Waals surface area contributed by atoms with Gasteiger partial charge in [-0.15, -0.1) is 0 Å². The van der Waals surface area contributed by atoms with Gasteiger partial charge in [-0.2, -0.15) is 16.9 Å². The molecule has 0 saturated carbocycles. The molecular formula is C17H30N6OS. The normalized spacial score (nSPS) is 23.5. The zero-order valence-corrected chi connectivity index (χ0v) is 16.2. The van der Waals surface area contributed by atoms with Gasteiger partial charge in [0.1, 0.15) is 5.82 Å². The average Bonchev–Trinajstić information content (AvgIpc) is 3.19. The lowest BCUT2D eigenvalue weighted by atomic mass is 10.1. The van der Waals surface area contributed by atoms with Crippen molar-refractivity contribution >= 4 is 17.7 Å². The number of thioether (sulfide) groups is 1. The van der Waals surface area contributed by atoms with Gasteiger partial charge >= 0.3 is 5.69 Å². The van der Waals surface area contributed by atoms with Crippen LogP contribution >= 0.6 is 11.8 Å². The lowest BCUT2D eigenvalue weighted by Crippen LogP contribution is -2.44. The molecule has 3 rings (SSSR count). The molecule has 1 saturated heterocycles. The van der Waals surface area contributed by atoms with Gasteiger partial charge < -0.3 is 10.6 Å². The molecule has 0 spiro atoms. The maximum Gasteiger partial charge on any atom is 0.345 e.